The van der Waals surface area contributed by atoms with Gasteiger partial charge in [-0.25, -0.2) is 8.42 Å². The predicted molar refractivity (Wildman–Crippen MR) is 71.3 cm³/mol. The molecule has 0 aliphatic carbocycles. The van der Waals surface area contributed by atoms with E-state index in [2.05, 4.69) is 14.9 Å². The van der Waals surface area contributed by atoms with Gasteiger partial charge in [-0.1, -0.05) is 18.2 Å². The number of anilines is 1. The molecule has 0 amide bonds. The Labute approximate surface area is 111 Å². The Morgan fingerprint density at radius 2 is 2.11 bits per heavy atom. The standard InChI is InChI=1S/C12H15N3O3S/c1-9-12(7-13-14-9)19(16,17)15-11-6-4-3-5-10(11)8-18-2/h3-7,15H,8H2,1-2H3,(H,13,14). The first kappa shape index (κ1) is 13.6. The Kier molecular flexibility index (Phi) is 3.87. The van der Waals surface area contributed by atoms with E-state index in [0.717, 1.165) is 5.56 Å². The van der Waals surface area contributed by atoms with Gasteiger partial charge in [0.25, 0.3) is 10.0 Å². The lowest BCUT2D eigenvalue weighted by Gasteiger charge is -2.11. The minimum atomic E-state index is -3.64. The van der Waals surface area contributed by atoms with Crippen LogP contribution in [0.1, 0.15) is 11.3 Å². The minimum Gasteiger partial charge on any atom is -0.380 e. The number of ether oxygens (including phenoxy) is 1. The monoisotopic (exact) mass is 281 g/mol. The summed E-state index contributed by atoms with van der Waals surface area (Å²) in [6, 6.07) is 7.10. The van der Waals surface area contributed by atoms with Crippen molar-refractivity contribution >= 4 is 15.7 Å². The average molecular weight is 281 g/mol. The maximum absolute atomic E-state index is 12.2. The summed E-state index contributed by atoms with van der Waals surface area (Å²) in [6.07, 6.45) is 1.29. The number of sulfonamides is 1. The number of aromatic nitrogens is 2. The lowest BCUT2D eigenvalue weighted by atomic mass is 10.2. The Morgan fingerprint density at radius 3 is 2.74 bits per heavy atom. The highest BCUT2D eigenvalue weighted by molar-refractivity contribution is 7.92. The molecule has 0 unspecified atom stereocenters. The second-order valence-corrected chi connectivity index (χ2v) is 5.71. The van der Waals surface area contributed by atoms with Crippen molar-refractivity contribution in [1.29, 1.82) is 0 Å². The van der Waals surface area contributed by atoms with Crippen molar-refractivity contribution in [1.82, 2.24) is 10.2 Å². The van der Waals surface area contributed by atoms with E-state index in [0.29, 0.717) is 18.0 Å². The van der Waals surface area contributed by atoms with Crippen LogP contribution >= 0.6 is 0 Å². The molecule has 0 aliphatic heterocycles. The molecule has 0 aliphatic rings. The molecule has 7 heteroatoms. The van der Waals surface area contributed by atoms with Crippen molar-refractivity contribution in [3.05, 3.63) is 41.7 Å². The van der Waals surface area contributed by atoms with Gasteiger partial charge in [0, 0.05) is 12.7 Å². The lowest BCUT2D eigenvalue weighted by Crippen LogP contribution is -2.14. The first-order chi connectivity index (χ1) is 9.04. The van der Waals surface area contributed by atoms with Crippen LogP contribution in [-0.4, -0.2) is 25.7 Å². The topological polar surface area (TPSA) is 84.1 Å². The molecule has 0 spiro atoms. The van der Waals surface area contributed by atoms with Gasteiger partial charge in [-0.3, -0.25) is 9.82 Å². The largest absolute Gasteiger partial charge is 0.380 e. The van der Waals surface area contributed by atoms with E-state index < -0.39 is 10.0 Å². The summed E-state index contributed by atoms with van der Waals surface area (Å²) in [6.45, 7) is 1.99. The molecule has 2 N–H and O–H groups in total. The van der Waals surface area contributed by atoms with Crippen molar-refractivity contribution in [2.75, 3.05) is 11.8 Å². The van der Waals surface area contributed by atoms with Crippen LogP contribution in [0.15, 0.2) is 35.4 Å². The fraction of sp³-hybridized carbons (Fsp3) is 0.250. The van der Waals surface area contributed by atoms with Crippen LogP contribution in [0, 0.1) is 6.92 Å². The summed E-state index contributed by atoms with van der Waals surface area (Å²) in [7, 11) is -2.08. The Balaban J connectivity index is 2.34. The van der Waals surface area contributed by atoms with Crippen LogP contribution in [0.3, 0.4) is 0 Å². The highest BCUT2D eigenvalue weighted by Crippen LogP contribution is 2.21. The van der Waals surface area contributed by atoms with Crippen LogP contribution in [-0.2, 0) is 21.4 Å². The number of benzene rings is 1. The van der Waals surface area contributed by atoms with Gasteiger partial charge < -0.3 is 4.74 Å². The molecule has 0 radical (unpaired) electrons. The normalized spacial score (nSPS) is 11.5. The molecule has 2 rings (SSSR count). The molecule has 102 valence electrons. The van der Waals surface area contributed by atoms with Crippen molar-refractivity contribution < 1.29 is 13.2 Å². The maximum Gasteiger partial charge on any atom is 0.265 e. The number of methoxy groups -OCH3 is 1. The molecule has 1 heterocycles. The summed E-state index contributed by atoms with van der Waals surface area (Å²) in [5, 5.41) is 6.33. The maximum atomic E-state index is 12.2. The third-order valence-electron chi connectivity index (χ3n) is 2.63. The molecule has 0 fully saturated rings. The fourth-order valence-corrected chi connectivity index (χ4v) is 2.95. The van der Waals surface area contributed by atoms with Crippen molar-refractivity contribution in [3.8, 4) is 0 Å². The summed E-state index contributed by atoms with van der Waals surface area (Å²) >= 11 is 0. The highest BCUT2D eigenvalue weighted by atomic mass is 32.2. The lowest BCUT2D eigenvalue weighted by molar-refractivity contribution is 0.185. The van der Waals surface area contributed by atoms with Crippen LogP contribution < -0.4 is 4.72 Å². The van der Waals surface area contributed by atoms with E-state index in [1.165, 1.54) is 6.20 Å². The van der Waals surface area contributed by atoms with Crippen LogP contribution in [0.2, 0.25) is 0 Å². The molecule has 0 bridgehead atoms. The summed E-state index contributed by atoms with van der Waals surface area (Å²) < 4.78 is 32.0. The van der Waals surface area contributed by atoms with E-state index in [9.17, 15) is 8.42 Å². The second-order valence-electron chi connectivity index (χ2n) is 4.05. The number of H-pyrrole nitrogens is 1. The number of hydrogen-bond donors (Lipinski definition) is 2. The predicted octanol–water partition coefficient (Wildman–Crippen LogP) is 1.67. The van der Waals surface area contributed by atoms with Gasteiger partial charge in [0.2, 0.25) is 0 Å². The Morgan fingerprint density at radius 1 is 1.37 bits per heavy atom. The molecule has 0 saturated carbocycles. The smallest absolute Gasteiger partial charge is 0.265 e. The number of para-hydroxylation sites is 1. The van der Waals surface area contributed by atoms with E-state index in [1.807, 2.05) is 12.1 Å². The number of nitrogens with zero attached hydrogens (tertiary/aromatic N) is 1. The van der Waals surface area contributed by atoms with Gasteiger partial charge in [-0.15, -0.1) is 0 Å². The SMILES string of the molecule is COCc1ccccc1NS(=O)(=O)c1cn[nH]c1C. The quantitative estimate of drug-likeness (QED) is 0.873. The molecular formula is C12H15N3O3S. The zero-order chi connectivity index (χ0) is 13.9. The highest BCUT2D eigenvalue weighted by Gasteiger charge is 2.19. The van der Waals surface area contributed by atoms with Crippen molar-refractivity contribution in [2.45, 2.75) is 18.4 Å². The van der Waals surface area contributed by atoms with Crippen LogP contribution in [0.4, 0.5) is 5.69 Å². The summed E-state index contributed by atoms with van der Waals surface area (Å²) in [4.78, 5) is 0.139. The van der Waals surface area contributed by atoms with Crippen molar-refractivity contribution in [2.24, 2.45) is 0 Å². The number of aromatic amines is 1. The molecular weight excluding hydrogens is 266 g/mol. The molecule has 0 atom stereocenters. The number of nitrogens with one attached hydrogen (secondary N) is 2. The number of hydrogen-bond acceptors (Lipinski definition) is 4. The van der Waals surface area contributed by atoms with Gasteiger partial charge >= 0.3 is 0 Å². The number of aryl methyl sites for hydroxylation is 1. The molecule has 6 nitrogen and oxygen atoms in total. The van der Waals surface area contributed by atoms with Gasteiger partial charge in [0.1, 0.15) is 4.90 Å². The zero-order valence-electron chi connectivity index (χ0n) is 10.7. The molecule has 19 heavy (non-hydrogen) atoms. The summed E-state index contributed by atoms with van der Waals surface area (Å²) in [5.74, 6) is 0. The van der Waals surface area contributed by atoms with E-state index in [-0.39, 0.29) is 4.90 Å². The molecule has 0 saturated heterocycles. The second kappa shape index (κ2) is 5.41. The van der Waals surface area contributed by atoms with Gasteiger partial charge in [0.05, 0.1) is 24.2 Å². The Bertz CT molecular complexity index is 664. The van der Waals surface area contributed by atoms with E-state index in [4.69, 9.17) is 4.74 Å². The zero-order valence-corrected chi connectivity index (χ0v) is 11.5. The third kappa shape index (κ3) is 2.94. The number of rotatable bonds is 5. The Hall–Kier alpha value is -1.86. The molecule has 2 aromatic rings. The van der Waals surface area contributed by atoms with Crippen LogP contribution in [0.25, 0.3) is 0 Å². The van der Waals surface area contributed by atoms with E-state index >= 15 is 0 Å². The summed E-state index contributed by atoms with van der Waals surface area (Å²) in [5.41, 5.74) is 1.77. The fourth-order valence-electron chi connectivity index (χ4n) is 1.71. The van der Waals surface area contributed by atoms with Crippen LogP contribution in [0.5, 0.6) is 0 Å². The average Bonchev–Trinajstić information content (AvgIpc) is 2.79. The van der Waals surface area contributed by atoms with Gasteiger partial charge in [0.15, 0.2) is 0 Å². The first-order valence-electron chi connectivity index (χ1n) is 5.64. The van der Waals surface area contributed by atoms with Gasteiger partial charge in [-0.05, 0) is 13.0 Å². The van der Waals surface area contributed by atoms with Crippen molar-refractivity contribution in [3.63, 3.8) is 0 Å². The van der Waals surface area contributed by atoms with E-state index in [1.54, 1.807) is 26.2 Å². The van der Waals surface area contributed by atoms with Gasteiger partial charge in [-0.2, -0.15) is 5.10 Å². The minimum absolute atomic E-state index is 0.139. The molecule has 1 aromatic heterocycles. The first-order valence-corrected chi connectivity index (χ1v) is 7.12. The third-order valence-corrected chi connectivity index (χ3v) is 4.11. The molecule has 1 aromatic carbocycles.